The number of nitrogens with one attached hydrogen (secondary N) is 1. The molecule has 0 amide bonds. The van der Waals surface area contributed by atoms with Gasteiger partial charge in [-0.1, -0.05) is 18.2 Å². The summed E-state index contributed by atoms with van der Waals surface area (Å²) in [6.45, 7) is 5.90. The lowest BCUT2D eigenvalue weighted by molar-refractivity contribution is 0.312. The Balaban J connectivity index is 1.68. The van der Waals surface area contributed by atoms with Crippen LogP contribution < -0.4 is 10.5 Å². The third kappa shape index (κ3) is 2.29. The molecule has 5 rings (SSSR count). The van der Waals surface area contributed by atoms with E-state index in [4.69, 9.17) is 4.98 Å². The molecule has 1 N–H and O–H groups in total. The van der Waals surface area contributed by atoms with Crippen LogP contribution in [0, 0.1) is 0 Å². The molecular formula is C20H23N5O. The zero-order valence-electron chi connectivity index (χ0n) is 15.2. The molecule has 1 fully saturated rings. The number of likely N-dealkylation sites (N-methyl/N-ethyl adjacent to an activating group) is 1. The molecule has 0 bridgehead atoms. The van der Waals surface area contributed by atoms with Gasteiger partial charge >= 0.3 is 0 Å². The fourth-order valence-corrected chi connectivity index (χ4v) is 4.27. The van der Waals surface area contributed by atoms with E-state index < -0.39 is 0 Å². The van der Waals surface area contributed by atoms with Gasteiger partial charge in [-0.25, -0.2) is 4.98 Å². The van der Waals surface area contributed by atoms with Crippen LogP contribution in [0.2, 0.25) is 0 Å². The van der Waals surface area contributed by atoms with Crippen molar-refractivity contribution in [2.75, 3.05) is 38.1 Å². The van der Waals surface area contributed by atoms with Gasteiger partial charge in [0.2, 0.25) is 0 Å². The van der Waals surface area contributed by atoms with Gasteiger partial charge in [0.25, 0.3) is 5.56 Å². The number of hydrogen-bond donors (Lipinski definition) is 1. The molecule has 1 unspecified atom stereocenters. The smallest absolute Gasteiger partial charge is 0.256 e. The third-order valence-corrected chi connectivity index (χ3v) is 5.74. The van der Waals surface area contributed by atoms with Gasteiger partial charge in [0.05, 0.1) is 5.69 Å². The van der Waals surface area contributed by atoms with Gasteiger partial charge in [0.15, 0.2) is 5.82 Å². The van der Waals surface area contributed by atoms with Crippen molar-refractivity contribution >= 4 is 16.7 Å². The van der Waals surface area contributed by atoms with Crippen LogP contribution in [0.3, 0.4) is 0 Å². The SMILES string of the molecule is CC1Cc2c([nH]c3ccccc23)-c2nc(N3CCN(C)CC3)cc(=O)n21. The molecule has 1 aromatic carbocycles. The number of piperazine rings is 1. The summed E-state index contributed by atoms with van der Waals surface area (Å²) in [5.74, 6) is 1.57. The van der Waals surface area contributed by atoms with Crippen molar-refractivity contribution in [1.82, 2.24) is 19.4 Å². The molecule has 2 aliphatic rings. The number of aromatic amines is 1. The van der Waals surface area contributed by atoms with E-state index in [1.165, 1.54) is 10.9 Å². The number of nitrogens with zero attached hydrogens (tertiary/aromatic N) is 4. The molecule has 134 valence electrons. The van der Waals surface area contributed by atoms with Crippen molar-refractivity contribution in [2.24, 2.45) is 0 Å². The number of benzene rings is 1. The molecule has 6 nitrogen and oxygen atoms in total. The molecule has 0 radical (unpaired) electrons. The Morgan fingerprint density at radius 1 is 1.15 bits per heavy atom. The van der Waals surface area contributed by atoms with Crippen LogP contribution >= 0.6 is 0 Å². The number of rotatable bonds is 1. The highest BCUT2D eigenvalue weighted by Gasteiger charge is 2.28. The Hall–Kier alpha value is -2.60. The maximum Gasteiger partial charge on any atom is 0.256 e. The van der Waals surface area contributed by atoms with Crippen LogP contribution in [0.25, 0.3) is 22.4 Å². The summed E-state index contributed by atoms with van der Waals surface area (Å²) in [7, 11) is 2.13. The van der Waals surface area contributed by atoms with E-state index >= 15 is 0 Å². The van der Waals surface area contributed by atoms with Gasteiger partial charge < -0.3 is 14.8 Å². The van der Waals surface area contributed by atoms with Crippen molar-refractivity contribution in [3.63, 3.8) is 0 Å². The highest BCUT2D eigenvalue weighted by molar-refractivity contribution is 5.90. The normalized spacial score (nSPS) is 20.2. The van der Waals surface area contributed by atoms with Gasteiger partial charge in [-0.15, -0.1) is 0 Å². The summed E-state index contributed by atoms with van der Waals surface area (Å²) in [6.07, 6.45) is 0.849. The van der Waals surface area contributed by atoms with Crippen LogP contribution in [0.5, 0.6) is 0 Å². The van der Waals surface area contributed by atoms with Gasteiger partial charge in [-0.05, 0) is 32.0 Å². The van der Waals surface area contributed by atoms with E-state index in [1.807, 2.05) is 10.6 Å². The highest BCUT2D eigenvalue weighted by Crippen LogP contribution is 2.37. The number of hydrogen-bond acceptors (Lipinski definition) is 4. The maximum atomic E-state index is 12.9. The average molecular weight is 349 g/mol. The lowest BCUT2D eigenvalue weighted by atomic mass is 9.99. The molecule has 0 aliphatic carbocycles. The first-order valence-corrected chi connectivity index (χ1v) is 9.29. The summed E-state index contributed by atoms with van der Waals surface area (Å²) in [5.41, 5.74) is 3.42. The van der Waals surface area contributed by atoms with E-state index in [9.17, 15) is 4.79 Å². The zero-order valence-corrected chi connectivity index (χ0v) is 15.2. The first kappa shape index (κ1) is 15.6. The van der Waals surface area contributed by atoms with Crippen LogP contribution in [0.15, 0.2) is 35.1 Å². The number of anilines is 1. The van der Waals surface area contributed by atoms with Gasteiger partial charge in [-0.3, -0.25) is 9.36 Å². The molecule has 0 saturated carbocycles. The Labute approximate surface area is 152 Å². The predicted molar refractivity (Wildman–Crippen MR) is 104 cm³/mol. The fraction of sp³-hybridized carbons (Fsp3) is 0.400. The summed E-state index contributed by atoms with van der Waals surface area (Å²) in [5, 5.41) is 1.24. The minimum Gasteiger partial charge on any atom is -0.354 e. The van der Waals surface area contributed by atoms with Crippen molar-refractivity contribution in [3.8, 4) is 11.5 Å². The number of fused-ring (bicyclic) bond motifs is 5. The Morgan fingerprint density at radius 3 is 2.73 bits per heavy atom. The van der Waals surface area contributed by atoms with E-state index in [1.54, 1.807) is 6.07 Å². The molecule has 0 spiro atoms. The van der Waals surface area contributed by atoms with Gasteiger partial charge in [0.1, 0.15) is 5.82 Å². The molecule has 3 aromatic rings. The topological polar surface area (TPSA) is 57.2 Å². The third-order valence-electron chi connectivity index (χ3n) is 5.74. The second kappa shape index (κ2) is 5.71. The largest absolute Gasteiger partial charge is 0.354 e. The zero-order chi connectivity index (χ0) is 17.8. The quantitative estimate of drug-likeness (QED) is 0.732. The van der Waals surface area contributed by atoms with E-state index in [0.717, 1.165) is 55.5 Å². The van der Waals surface area contributed by atoms with Crippen molar-refractivity contribution in [2.45, 2.75) is 19.4 Å². The minimum absolute atomic E-state index is 0.0423. The summed E-state index contributed by atoms with van der Waals surface area (Å²) >= 11 is 0. The summed E-state index contributed by atoms with van der Waals surface area (Å²) in [6, 6.07) is 10.2. The molecule has 2 aromatic heterocycles. The van der Waals surface area contributed by atoms with Crippen molar-refractivity contribution in [1.29, 1.82) is 0 Å². The molecule has 26 heavy (non-hydrogen) atoms. The van der Waals surface area contributed by atoms with Crippen molar-refractivity contribution < 1.29 is 0 Å². The number of aromatic nitrogens is 3. The van der Waals surface area contributed by atoms with E-state index in [0.29, 0.717) is 0 Å². The summed E-state index contributed by atoms with van der Waals surface area (Å²) < 4.78 is 1.84. The standard InChI is InChI=1S/C20H23N5O/c1-13-11-15-14-5-3-4-6-16(14)21-19(15)20-22-17(12-18(26)25(13)20)24-9-7-23(2)8-10-24/h3-6,12-13,21H,7-11H2,1-2H3. The molecule has 1 atom stereocenters. The number of H-pyrrole nitrogens is 1. The first-order valence-electron chi connectivity index (χ1n) is 9.29. The van der Waals surface area contributed by atoms with Crippen LogP contribution in [0.4, 0.5) is 5.82 Å². The average Bonchev–Trinajstić information content (AvgIpc) is 3.01. The molecule has 2 aliphatic heterocycles. The van der Waals surface area contributed by atoms with E-state index in [-0.39, 0.29) is 11.6 Å². The highest BCUT2D eigenvalue weighted by atomic mass is 16.1. The molecule has 6 heteroatoms. The fourth-order valence-electron chi connectivity index (χ4n) is 4.27. The Kier molecular flexibility index (Phi) is 3.43. The monoisotopic (exact) mass is 349 g/mol. The second-order valence-corrected chi connectivity index (χ2v) is 7.51. The maximum absolute atomic E-state index is 12.9. The second-order valence-electron chi connectivity index (χ2n) is 7.51. The molecule has 4 heterocycles. The summed E-state index contributed by atoms with van der Waals surface area (Å²) in [4.78, 5) is 25.9. The predicted octanol–water partition coefficient (Wildman–Crippen LogP) is 2.26. The number of para-hydroxylation sites is 1. The Bertz CT molecular complexity index is 1040. The van der Waals surface area contributed by atoms with Crippen LogP contribution in [-0.2, 0) is 6.42 Å². The lowest BCUT2D eigenvalue weighted by Crippen LogP contribution is -2.45. The molecule has 1 saturated heterocycles. The van der Waals surface area contributed by atoms with Gasteiger partial charge in [-0.2, -0.15) is 0 Å². The first-order chi connectivity index (χ1) is 12.6. The lowest BCUT2D eigenvalue weighted by Gasteiger charge is -2.34. The van der Waals surface area contributed by atoms with Gasteiger partial charge in [0, 0.05) is 49.2 Å². The Morgan fingerprint density at radius 2 is 1.92 bits per heavy atom. The minimum atomic E-state index is 0.0423. The van der Waals surface area contributed by atoms with Crippen molar-refractivity contribution in [3.05, 3.63) is 46.2 Å². The van der Waals surface area contributed by atoms with Crippen LogP contribution in [-0.4, -0.2) is 52.7 Å². The molecular weight excluding hydrogens is 326 g/mol. The van der Waals surface area contributed by atoms with Crippen LogP contribution in [0.1, 0.15) is 18.5 Å². The van der Waals surface area contributed by atoms with E-state index in [2.05, 4.69) is 47.0 Å².